The maximum Gasteiger partial charge on any atom is 0.322 e. The molecule has 0 spiro atoms. The van der Waals surface area contributed by atoms with E-state index in [0.29, 0.717) is 5.02 Å². The molecule has 2 unspecified atom stereocenters. The van der Waals surface area contributed by atoms with Gasteiger partial charge in [0.2, 0.25) is 0 Å². The Labute approximate surface area is 99.0 Å². The van der Waals surface area contributed by atoms with E-state index in [0.717, 1.165) is 18.5 Å². The topological polar surface area (TPSA) is 51.2 Å². The number of nitrogens with one attached hydrogen (secondary N) is 1. The molecule has 0 aliphatic carbocycles. The van der Waals surface area contributed by atoms with Crippen molar-refractivity contribution in [2.24, 2.45) is 0 Å². The zero-order valence-corrected chi connectivity index (χ0v) is 9.70. The normalized spacial score (nSPS) is 24.4. The predicted molar refractivity (Wildman–Crippen MR) is 60.2 cm³/mol. The molecular weight excluding hydrogens is 228 g/mol. The van der Waals surface area contributed by atoms with Crippen molar-refractivity contribution in [3.63, 3.8) is 0 Å². The van der Waals surface area contributed by atoms with Crippen LogP contribution in [0.25, 0.3) is 0 Å². The molecule has 1 aliphatic rings. The Balaban J connectivity index is 2.09. The lowest BCUT2D eigenvalue weighted by Gasteiger charge is -2.13. The molecule has 0 bridgehead atoms. The van der Waals surface area contributed by atoms with Crippen molar-refractivity contribution in [2.75, 3.05) is 7.11 Å². The van der Waals surface area contributed by atoms with Crippen molar-refractivity contribution in [3.8, 4) is 0 Å². The predicted octanol–water partition coefficient (Wildman–Crippen LogP) is 1.70. The van der Waals surface area contributed by atoms with E-state index in [1.165, 1.54) is 7.11 Å². The van der Waals surface area contributed by atoms with Crippen LogP contribution < -0.4 is 5.32 Å². The molecule has 0 saturated carbocycles. The summed E-state index contributed by atoms with van der Waals surface area (Å²) < 4.78 is 4.69. The molecule has 5 heteroatoms. The smallest absolute Gasteiger partial charge is 0.322 e. The van der Waals surface area contributed by atoms with E-state index >= 15 is 0 Å². The second kappa shape index (κ2) is 4.80. The van der Waals surface area contributed by atoms with E-state index in [-0.39, 0.29) is 18.1 Å². The van der Waals surface area contributed by atoms with Crippen molar-refractivity contribution in [2.45, 2.75) is 24.9 Å². The Kier molecular flexibility index (Phi) is 3.41. The Morgan fingerprint density at radius 1 is 1.62 bits per heavy atom. The number of hydrogen-bond donors (Lipinski definition) is 1. The molecule has 1 saturated heterocycles. The minimum absolute atomic E-state index is 0.0396. The van der Waals surface area contributed by atoms with Gasteiger partial charge in [0.1, 0.15) is 6.04 Å². The third-order valence-electron chi connectivity index (χ3n) is 2.75. The molecule has 1 aromatic rings. The van der Waals surface area contributed by atoms with E-state index in [2.05, 4.69) is 10.3 Å². The van der Waals surface area contributed by atoms with Gasteiger partial charge in [0.25, 0.3) is 0 Å². The molecular formula is C11H13ClN2O2. The summed E-state index contributed by atoms with van der Waals surface area (Å²) in [5.41, 5.74) is 0.801. The van der Waals surface area contributed by atoms with Gasteiger partial charge in [0.05, 0.1) is 23.9 Å². The second-order valence-corrected chi connectivity index (χ2v) is 4.15. The highest BCUT2D eigenvalue weighted by molar-refractivity contribution is 6.31. The molecule has 2 rings (SSSR count). The summed E-state index contributed by atoms with van der Waals surface area (Å²) in [5.74, 6) is -0.227. The third-order valence-corrected chi connectivity index (χ3v) is 3.07. The maximum atomic E-state index is 11.3. The minimum atomic E-state index is -0.243. The number of pyridine rings is 1. The van der Waals surface area contributed by atoms with Crippen molar-refractivity contribution >= 4 is 17.6 Å². The van der Waals surface area contributed by atoms with Gasteiger partial charge in [-0.15, -0.1) is 0 Å². The molecule has 1 aliphatic heterocycles. The number of carbonyl (C=O) groups excluding carboxylic acids is 1. The van der Waals surface area contributed by atoms with Crippen molar-refractivity contribution in [3.05, 3.63) is 29.0 Å². The summed E-state index contributed by atoms with van der Waals surface area (Å²) in [4.78, 5) is 15.6. The molecule has 0 aromatic carbocycles. The first-order valence-electron chi connectivity index (χ1n) is 5.16. The van der Waals surface area contributed by atoms with E-state index in [4.69, 9.17) is 16.3 Å². The third kappa shape index (κ3) is 2.18. The number of rotatable bonds is 2. The van der Waals surface area contributed by atoms with Gasteiger partial charge in [-0.1, -0.05) is 11.6 Å². The zero-order valence-electron chi connectivity index (χ0n) is 8.94. The van der Waals surface area contributed by atoms with Crippen LogP contribution >= 0.6 is 11.6 Å². The van der Waals surface area contributed by atoms with E-state index < -0.39 is 0 Å². The standard InChI is InChI=1S/C11H13ClN2O2/c1-16-11(15)9-5-4-8(14-9)10-7(12)3-2-6-13-10/h2-3,6,8-9,14H,4-5H2,1H3. The molecule has 4 nitrogen and oxygen atoms in total. The number of halogens is 1. The molecule has 2 heterocycles. The average Bonchev–Trinajstić information content (AvgIpc) is 2.78. The first kappa shape index (κ1) is 11.4. The van der Waals surface area contributed by atoms with Gasteiger partial charge >= 0.3 is 5.97 Å². The summed E-state index contributed by atoms with van der Waals surface area (Å²) in [6, 6.07) is 3.39. The fourth-order valence-electron chi connectivity index (χ4n) is 1.94. The summed E-state index contributed by atoms with van der Waals surface area (Å²) in [5, 5.41) is 3.81. The monoisotopic (exact) mass is 240 g/mol. The fourth-order valence-corrected chi connectivity index (χ4v) is 2.19. The Hall–Kier alpha value is -1.13. The highest BCUT2D eigenvalue weighted by atomic mass is 35.5. The quantitative estimate of drug-likeness (QED) is 0.800. The highest BCUT2D eigenvalue weighted by Gasteiger charge is 2.32. The number of methoxy groups -OCH3 is 1. The number of nitrogens with zero attached hydrogens (tertiary/aromatic N) is 1. The maximum absolute atomic E-state index is 11.3. The Morgan fingerprint density at radius 2 is 2.44 bits per heavy atom. The lowest BCUT2D eigenvalue weighted by Crippen LogP contribution is -2.33. The minimum Gasteiger partial charge on any atom is -0.468 e. The lowest BCUT2D eigenvalue weighted by atomic mass is 10.1. The van der Waals surface area contributed by atoms with Crippen LogP contribution in [0.5, 0.6) is 0 Å². The van der Waals surface area contributed by atoms with Gasteiger partial charge in [0.15, 0.2) is 0 Å². The molecule has 16 heavy (non-hydrogen) atoms. The van der Waals surface area contributed by atoms with Crippen LogP contribution in [0.3, 0.4) is 0 Å². The van der Waals surface area contributed by atoms with Gasteiger partial charge in [-0.2, -0.15) is 0 Å². The van der Waals surface area contributed by atoms with E-state index in [9.17, 15) is 4.79 Å². The number of ether oxygens (including phenoxy) is 1. The Morgan fingerprint density at radius 3 is 3.12 bits per heavy atom. The number of aromatic nitrogens is 1. The average molecular weight is 241 g/mol. The largest absolute Gasteiger partial charge is 0.468 e. The number of esters is 1. The summed E-state index contributed by atoms with van der Waals surface area (Å²) in [6.07, 6.45) is 3.30. The van der Waals surface area contributed by atoms with Gasteiger partial charge in [-0.05, 0) is 25.0 Å². The van der Waals surface area contributed by atoms with Crippen LogP contribution in [0.15, 0.2) is 18.3 Å². The summed E-state index contributed by atoms with van der Waals surface area (Å²) in [6.45, 7) is 0. The molecule has 1 N–H and O–H groups in total. The van der Waals surface area contributed by atoms with E-state index in [1.54, 1.807) is 18.3 Å². The first-order chi connectivity index (χ1) is 7.72. The summed E-state index contributed by atoms with van der Waals surface area (Å²) in [7, 11) is 1.39. The molecule has 86 valence electrons. The fraction of sp³-hybridized carbons (Fsp3) is 0.455. The molecule has 1 aromatic heterocycles. The van der Waals surface area contributed by atoms with E-state index in [1.807, 2.05) is 0 Å². The SMILES string of the molecule is COC(=O)C1CCC(c2ncccc2Cl)N1. The molecule has 2 atom stereocenters. The molecule has 0 radical (unpaired) electrons. The van der Waals surface area contributed by atoms with Crippen LogP contribution in [0.4, 0.5) is 0 Å². The highest BCUT2D eigenvalue weighted by Crippen LogP contribution is 2.29. The molecule has 1 fully saturated rings. The van der Waals surface area contributed by atoms with Gasteiger partial charge in [-0.3, -0.25) is 15.1 Å². The van der Waals surface area contributed by atoms with Crippen LogP contribution in [-0.4, -0.2) is 24.1 Å². The van der Waals surface area contributed by atoms with Gasteiger partial charge in [-0.25, -0.2) is 0 Å². The van der Waals surface area contributed by atoms with Gasteiger partial charge in [0, 0.05) is 6.20 Å². The van der Waals surface area contributed by atoms with Crippen LogP contribution in [-0.2, 0) is 9.53 Å². The van der Waals surface area contributed by atoms with Crippen molar-refractivity contribution < 1.29 is 9.53 Å². The van der Waals surface area contributed by atoms with Crippen LogP contribution in [0.1, 0.15) is 24.6 Å². The number of carbonyl (C=O) groups is 1. The Bertz CT molecular complexity index is 397. The number of hydrogen-bond acceptors (Lipinski definition) is 4. The van der Waals surface area contributed by atoms with Crippen molar-refractivity contribution in [1.82, 2.24) is 10.3 Å². The van der Waals surface area contributed by atoms with Crippen LogP contribution in [0, 0.1) is 0 Å². The first-order valence-corrected chi connectivity index (χ1v) is 5.54. The van der Waals surface area contributed by atoms with Crippen molar-refractivity contribution in [1.29, 1.82) is 0 Å². The van der Waals surface area contributed by atoms with Gasteiger partial charge < -0.3 is 4.74 Å². The van der Waals surface area contributed by atoms with Crippen LogP contribution in [0.2, 0.25) is 5.02 Å². The molecule has 0 amide bonds. The lowest BCUT2D eigenvalue weighted by molar-refractivity contribution is -0.142. The summed E-state index contributed by atoms with van der Waals surface area (Å²) >= 11 is 6.05. The second-order valence-electron chi connectivity index (χ2n) is 3.74. The zero-order chi connectivity index (χ0) is 11.5.